The highest BCUT2D eigenvalue weighted by molar-refractivity contribution is 6.32. The Morgan fingerprint density at radius 2 is 1.04 bits per heavy atom. The molecule has 0 aliphatic rings. The van der Waals surface area contributed by atoms with E-state index in [1.807, 2.05) is 135 Å². The van der Waals surface area contributed by atoms with Crippen LogP contribution in [0.1, 0.15) is 134 Å². The molecule has 3 aromatic carbocycles. The predicted molar refractivity (Wildman–Crippen MR) is 302 cm³/mol. The SMILES string of the molecule is CC(C)(C)n1ncc(C#Cc2ccc(COCCF)cc2)c(Cl)c1=O.CCCOCc1ccc(/C=C/c2cnn(C(C)(C)C)c(=O)c2Cl)cc1.CCc1ccc(C#CCCOc2cnn(C(C)(C)C)c(=O)c2Cl)cc1. The molecule has 0 spiro atoms. The second kappa shape index (κ2) is 29.1. The molecule has 0 saturated carbocycles. The first-order chi connectivity index (χ1) is 35.5. The van der Waals surface area contributed by atoms with Gasteiger partial charge < -0.3 is 14.2 Å². The van der Waals surface area contributed by atoms with Gasteiger partial charge in [-0.15, -0.1) is 0 Å². The zero-order chi connectivity index (χ0) is 55.3. The van der Waals surface area contributed by atoms with Crippen molar-refractivity contribution < 1.29 is 18.6 Å². The number of halogens is 4. The molecule has 0 N–H and O–H groups in total. The van der Waals surface area contributed by atoms with E-state index in [4.69, 9.17) is 49.0 Å². The van der Waals surface area contributed by atoms with Gasteiger partial charge in [-0.3, -0.25) is 14.4 Å². The Hall–Kier alpha value is -6.32. The predicted octanol–water partition coefficient (Wildman–Crippen LogP) is 12.3. The van der Waals surface area contributed by atoms with Crippen molar-refractivity contribution in [3.05, 3.63) is 182 Å². The summed E-state index contributed by atoms with van der Waals surface area (Å²) in [5.41, 5.74) is 4.86. The Balaban J connectivity index is 0.000000243. The second-order valence-electron chi connectivity index (χ2n) is 20.0. The highest BCUT2D eigenvalue weighted by Crippen LogP contribution is 2.22. The maximum atomic E-state index is 12.3. The molecule has 0 radical (unpaired) electrons. The zero-order valence-corrected chi connectivity index (χ0v) is 47.1. The minimum atomic E-state index is -0.494. The standard InChI is InChI=1S/C20H25ClN2O2.C20H23ClN2O2.C19H20ClFN2O2/c1-5-12-25-14-16-8-6-15(7-9-16)10-11-17-13-22-23(20(2,3)4)19(24)18(17)21;1-5-15-9-11-16(12-10-15)8-6-7-13-25-17-14-22-23(20(2,3)4)19(24)18(17)21;1-19(2,3)23-18(24)17(20)16(12-22-23)9-8-14-4-6-15(7-5-14)13-25-11-10-21/h6-11,13H,5,12,14H2,1-4H3;9-12,14H,5,7,13H2,1-4H3;4-7,12H,10-11,13H2,1-3H3/b11-10+;;. The maximum Gasteiger partial charge on any atom is 0.289 e. The fourth-order valence-electron chi connectivity index (χ4n) is 6.55. The number of nitrogens with zero attached hydrogens (tertiary/aromatic N) is 6. The van der Waals surface area contributed by atoms with Crippen molar-refractivity contribution in [2.45, 2.75) is 125 Å². The summed E-state index contributed by atoms with van der Waals surface area (Å²) in [7, 11) is 0. The molecule has 6 aromatic rings. The molecule has 0 fully saturated rings. The van der Waals surface area contributed by atoms with Crippen molar-refractivity contribution in [3.8, 4) is 29.4 Å². The Kier molecular flexibility index (Phi) is 23.8. The van der Waals surface area contributed by atoms with Gasteiger partial charge in [0.05, 0.1) is 67.2 Å². The van der Waals surface area contributed by atoms with Crippen molar-refractivity contribution in [1.29, 1.82) is 0 Å². The Morgan fingerprint density at radius 3 is 1.57 bits per heavy atom. The van der Waals surface area contributed by atoms with Crippen LogP contribution in [0.3, 0.4) is 0 Å². The number of rotatable bonds is 14. The molecule has 12 nitrogen and oxygen atoms in total. The van der Waals surface area contributed by atoms with Gasteiger partial charge in [0.25, 0.3) is 16.7 Å². The molecule has 6 rings (SSSR count). The van der Waals surface area contributed by atoms with Crippen LogP contribution < -0.4 is 21.4 Å². The highest BCUT2D eigenvalue weighted by Gasteiger charge is 2.21. The summed E-state index contributed by atoms with van der Waals surface area (Å²) in [5, 5.41) is 12.8. The van der Waals surface area contributed by atoms with E-state index in [-0.39, 0.29) is 38.4 Å². The number of benzene rings is 3. The third-order valence-electron chi connectivity index (χ3n) is 10.6. The molecule has 0 saturated heterocycles. The van der Waals surface area contributed by atoms with Crippen LogP contribution in [0.15, 0.2) is 106 Å². The molecule has 0 unspecified atom stereocenters. The summed E-state index contributed by atoms with van der Waals surface area (Å²) < 4.78 is 32.3. The van der Waals surface area contributed by atoms with E-state index in [0.29, 0.717) is 43.1 Å². The monoisotopic (exact) mass is 1080 g/mol. The quantitative estimate of drug-likeness (QED) is 0.0772. The van der Waals surface area contributed by atoms with Crippen molar-refractivity contribution in [3.63, 3.8) is 0 Å². The third-order valence-corrected chi connectivity index (χ3v) is 11.7. The number of hydrogen-bond acceptors (Lipinski definition) is 9. The summed E-state index contributed by atoms with van der Waals surface area (Å²) >= 11 is 18.5. The third kappa shape index (κ3) is 19.4. The summed E-state index contributed by atoms with van der Waals surface area (Å²) in [4.78, 5) is 36.8. The largest absolute Gasteiger partial charge is 0.489 e. The molecular formula is C59H68Cl3FN6O6. The number of aromatic nitrogens is 6. The number of ether oxygens (including phenoxy) is 3. The summed E-state index contributed by atoms with van der Waals surface area (Å²) in [6.45, 7) is 23.0. The number of alkyl halides is 1. The van der Waals surface area contributed by atoms with E-state index in [1.165, 1.54) is 32.0 Å². The van der Waals surface area contributed by atoms with E-state index in [2.05, 4.69) is 65.0 Å². The second-order valence-corrected chi connectivity index (χ2v) is 21.2. The van der Waals surface area contributed by atoms with Crippen LogP contribution in [0, 0.1) is 23.7 Å². The zero-order valence-electron chi connectivity index (χ0n) is 44.8. The van der Waals surface area contributed by atoms with Crippen LogP contribution >= 0.6 is 34.8 Å². The van der Waals surface area contributed by atoms with Gasteiger partial charge in [-0.05, 0) is 122 Å². The van der Waals surface area contributed by atoms with Gasteiger partial charge in [0.1, 0.15) is 16.7 Å². The lowest BCUT2D eigenvalue weighted by Crippen LogP contribution is -2.36. The maximum absolute atomic E-state index is 12.3. The molecule has 0 bridgehead atoms. The number of hydrogen-bond donors (Lipinski definition) is 0. The Morgan fingerprint density at radius 1 is 0.560 bits per heavy atom. The van der Waals surface area contributed by atoms with Gasteiger partial charge in [-0.2, -0.15) is 15.3 Å². The van der Waals surface area contributed by atoms with Gasteiger partial charge in [0, 0.05) is 29.7 Å². The molecule has 0 atom stereocenters. The lowest BCUT2D eigenvalue weighted by atomic mass is 10.1. The molecule has 16 heteroatoms. The van der Waals surface area contributed by atoms with Crippen molar-refractivity contribution >= 4 is 47.0 Å². The Labute approximate surface area is 455 Å². The summed E-state index contributed by atoms with van der Waals surface area (Å²) in [5.74, 6) is 12.3. The van der Waals surface area contributed by atoms with Gasteiger partial charge in [0.15, 0.2) is 10.8 Å². The smallest absolute Gasteiger partial charge is 0.289 e. The topological polar surface area (TPSA) is 132 Å². The van der Waals surface area contributed by atoms with Gasteiger partial charge >= 0.3 is 0 Å². The van der Waals surface area contributed by atoms with Gasteiger partial charge in [0.2, 0.25) is 0 Å². The summed E-state index contributed by atoms with van der Waals surface area (Å²) in [6.07, 6.45) is 10.9. The van der Waals surface area contributed by atoms with Crippen LogP contribution in [-0.2, 0) is 45.7 Å². The fourth-order valence-corrected chi connectivity index (χ4v) is 7.10. The average molecular weight is 1080 g/mol. The van der Waals surface area contributed by atoms with Crippen LogP contribution in [0.5, 0.6) is 5.75 Å². The number of aryl methyl sites for hydroxylation is 1. The highest BCUT2D eigenvalue weighted by atomic mass is 35.5. The van der Waals surface area contributed by atoms with Gasteiger partial charge in [-0.1, -0.05) is 133 Å². The van der Waals surface area contributed by atoms with Crippen LogP contribution in [0.2, 0.25) is 15.1 Å². The lowest BCUT2D eigenvalue weighted by molar-refractivity contribution is 0.106. The van der Waals surface area contributed by atoms with E-state index in [9.17, 15) is 18.8 Å². The van der Waals surface area contributed by atoms with E-state index < -0.39 is 23.3 Å². The first-order valence-corrected chi connectivity index (χ1v) is 25.8. The molecule has 0 aliphatic heterocycles. The van der Waals surface area contributed by atoms with Crippen molar-refractivity contribution in [1.82, 2.24) is 29.3 Å². The average Bonchev–Trinajstić information content (AvgIpc) is 3.36. The van der Waals surface area contributed by atoms with Crippen LogP contribution in [0.25, 0.3) is 12.2 Å². The lowest BCUT2D eigenvalue weighted by Gasteiger charge is -2.21. The minimum absolute atomic E-state index is 0.0491. The van der Waals surface area contributed by atoms with Gasteiger partial charge in [-0.25, -0.2) is 18.4 Å². The van der Waals surface area contributed by atoms with Crippen molar-refractivity contribution in [2.75, 3.05) is 26.5 Å². The molecule has 3 aromatic heterocycles. The normalized spacial score (nSPS) is 11.3. The molecule has 3 heterocycles. The van der Waals surface area contributed by atoms with E-state index in [0.717, 1.165) is 47.3 Å². The van der Waals surface area contributed by atoms with Crippen LogP contribution in [0.4, 0.5) is 4.39 Å². The molecule has 398 valence electrons. The fraction of sp³-hybridized carbons (Fsp3) is 0.390. The van der Waals surface area contributed by atoms with E-state index in [1.54, 1.807) is 6.20 Å². The minimum Gasteiger partial charge on any atom is -0.489 e. The first kappa shape index (κ1) is 61.2. The molecule has 75 heavy (non-hydrogen) atoms. The summed E-state index contributed by atoms with van der Waals surface area (Å²) in [6, 6.07) is 23.7. The Bertz CT molecular complexity index is 3150. The molecular weight excluding hydrogens is 1010 g/mol. The molecule has 0 aliphatic carbocycles. The van der Waals surface area contributed by atoms with Crippen molar-refractivity contribution in [2.24, 2.45) is 0 Å². The van der Waals surface area contributed by atoms with E-state index >= 15 is 0 Å². The molecule has 0 amide bonds. The first-order valence-electron chi connectivity index (χ1n) is 24.6. The van der Waals surface area contributed by atoms with Crippen LogP contribution in [-0.4, -0.2) is 55.8 Å².